The second kappa shape index (κ2) is 5.85. The van der Waals surface area contributed by atoms with E-state index in [1.165, 1.54) is 18.4 Å². The Morgan fingerprint density at radius 1 is 1.56 bits per heavy atom. The van der Waals surface area contributed by atoms with Gasteiger partial charge in [-0.15, -0.1) is 0 Å². The van der Waals surface area contributed by atoms with Crippen molar-refractivity contribution in [3.8, 4) is 0 Å². The Morgan fingerprint density at radius 3 is 2.94 bits per heavy atom. The standard InChI is InChI=1S/C14H25N3O/c1-4-8-15-13(12-10-16-17(3)11-12)14(2)7-5-6-9-18-14/h10-11,13,15H,4-9H2,1-3H3. The van der Waals surface area contributed by atoms with Crippen molar-refractivity contribution in [1.29, 1.82) is 0 Å². The van der Waals surface area contributed by atoms with Gasteiger partial charge in [-0.2, -0.15) is 5.10 Å². The Bertz CT molecular complexity index is 369. The molecule has 1 aliphatic rings. The van der Waals surface area contributed by atoms with Crippen LogP contribution in [-0.2, 0) is 11.8 Å². The molecule has 1 N–H and O–H groups in total. The van der Waals surface area contributed by atoms with E-state index in [1.54, 1.807) is 0 Å². The molecule has 0 aromatic carbocycles. The average molecular weight is 251 g/mol. The second-order valence-corrected chi connectivity index (χ2v) is 5.45. The molecular weight excluding hydrogens is 226 g/mol. The number of aromatic nitrogens is 2. The third-order valence-electron chi connectivity index (χ3n) is 3.77. The van der Waals surface area contributed by atoms with Gasteiger partial charge in [0.2, 0.25) is 0 Å². The quantitative estimate of drug-likeness (QED) is 0.873. The fraction of sp³-hybridized carbons (Fsp3) is 0.786. The number of nitrogens with zero attached hydrogens (tertiary/aromatic N) is 2. The predicted octanol–water partition coefficient (Wildman–Crippen LogP) is 2.42. The number of nitrogens with one attached hydrogen (secondary N) is 1. The number of rotatable bonds is 5. The molecule has 102 valence electrons. The number of hydrogen-bond acceptors (Lipinski definition) is 3. The maximum absolute atomic E-state index is 6.09. The van der Waals surface area contributed by atoms with Crippen LogP contribution in [0.2, 0.25) is 0 Å². The van der Waals surface area contributed by atoms with Gasteiger partial charge in [-0.1, -0.05) is 6.92 Å². The fourth-order valence-corrected chi connectivity index (χ4v) is 2.75. The molecule has 4 heteroatoms. The van der Waals surface area contributed by atoms with Crippen LogP contribution in [0, 0.1) is 0 Å². The summed E-state index contributed by atoms with van der Waals surface area (Å²) in [5.41, 5.74) is 1.13. The Morgan fingerprint density at radius 2 is 2.39 bits per heavy atom. The normalized spacial score (nSPS) is 26.2. The summed E-state index contributed by atoms with van der Waals surface area (Å²) in [5.74, 6) is 0. The number of ether oxygens (including phenoxy) is 1. The van der Waals surface area contributed by atoms with Gasteiger partial charge in [0.15, 0.2) is 0 Å². The molecule has 2 atom stereocenters. The summed E-state index contributed by atoms with van der Waals surface area (Å²) < 4.78 is 7.95. The zero-order valence-electron chi connectivity index (χ0n) is 11.8. The molecule has 1 aromatic heterocycles. The molecule has 18 heavy (non-hydrogen) atoms. The summed E-state index contributed by atoms with van der Waals surface area (Å²) in [6.45, 7) is 6.31. The molecule has 0 amide bonds. The molecule has 4 nitrogen and oxygen atoms in total. The molecule has 1 saturated heterocycles. The van der Waals surface area contributed by atoms with E-state index in [0.29, 0.717) is 0 Å². The molecule has 2 unspecified atom stereocenters. The maximum Gasteiger partial charge on any atom is 0.0849 e. The van der Waals surface area contributed by atoms with Crippen molar-refractivity contribution in [3.05, 3.63) is 18.0 Å². The minimum Gasteiger partial charge on any atom is -0.373 e. The highest BCUT2D eigenvalue weighted by Crippen LogP contribution is 2.36. The fourth-order valence-electron chi connectivity index (χ4n) is 2.75. The van der Waals surface area contributed by atoms with Gasteiger partial charge < -0.3 is 10.1 Å². The average Bonchev–Trinajstić information content (AvgIpc) is 2.77. The summed E-state index contributed by atoms with van der Waals surface area (Å²) in [5, 5.41) is 7.92. The van der Waals surface area contributed by atoms with Crippen molar-refractivity contribution in [1.82, 2.24) is 15.1 Å². The van der Waals surface area contributed by atoms with Crippen LogP contribution < -0.4 is 5.32 Å². The van der Waals surface area contributed by atoms with Crippen LogP contribution >= 0.6 is 0 Å². The van der Waals surface area contributed by atoms with Crippen molar-refractivity contribution in [2.24, 2.45) is 7.05 Å². The Balaban J connectivity index is 2.18. The molecule has 0 radical (unpaired) electrons. The van der Waals surface area contributed by atoms with E-state index in [9.17, 15) is 0 Å². The highest BCUT2D eigenvalue weighted by atomic mass is 16.5. The van der Waals surface area contributed by atoms with Crippen LogP contribution in [0.25, 0.3) is 0 Å². The summed E-state index contributed by atoms with van der Waals surface area (Å²) in [6.07, 6.45) is 8.73. The van der Waals surface area contributed by atoms with E-state index < -0.39 is 0 Å². The first-order chi connectivity index (χ1) is 8.65. The van der Waals surface area contributed by atoms with E-state index in [2.05, 4.69) is 30.5 Å². The lowest BCUT2D eigenvalue weighted by Gasteiger charge is -2.40. The van der Waals surface area contributed by atoms with Crippen LogP contribution in [0.15, 0.2) is 12.4 Å². The Kier molecular flexibility index (Phi) is 4.40. The van der Waals surface area contributed by atoms with E-state index in [1.807, 2.05) is 17.9 Å². The lowest BCUT2D eigenvalue weighted by atomic mass is 9.85. The van der Waals surface area contributed by atoms with Crippen LogP contribution in [0.5, 0.6) is 0 Å². The minimum atomic E-state index is -0.101. The first-order valence-electron chi connectivity index (χ1n) is 7.01. The first kappa shape index (κ1) is 13.6. The Labute approximate surface area is 110 Å². The van der Waals surface area contributed by atoms with E-state index >= 15 is 0 Å². The monoisotopic (exact) mass is 251 g/mol. The smallest absolute Gasteiger partial charge is 0.0849 e. The van der Waals surface area contributed by atoms with Crippen LogP contribution in [-0.4, -0.2) is 28.5 Å². The van der Waals surface area contributed by atoms with Crippen LogP contribution in [0.4, 0.5) is 0 Å². The molecule has 0 aliphatic carbocycles. The van der Waals surface area contributed by atoms with Crippen molar-refractivity contribution >= 4 is 0 Å². The second-order valence-electron chi connectivity index (χ2n) is 5.45. The lowest BCUT2D eigenvalue weighted by molar-refractivity contribution is -0.0897. The molecule has 1 aromatic rings. The zero-order valence-corrected chi connectivity index (χ0v) is 11.8. The van der Waals surface area contributed by atoms with E-state index in [0.717, 1.165) is 26.0 Å². The summed E-state index contributed by atoms with van der Waals surface area (Å²) in [4.78, 5) is 0. The topological polar surface area (TPSA) is 39.1 Å². The molecule has 0 spiro atoms. The molecule has 0 bridgehead atoms. The highest BCUT2D eigenvalue weighted by molar-refractivity contribution is 5.16. The van der Waals surface area contributed by atoms with Gasteiger partial charge in [-0.25, -0.2) is 0 Å². The van der Waals surface area contributed by atoms with Gasteiger partial charge >= 0.3 is 0 Å². The van der Waals surface area contributed by atoms with E-state index in [-0.39, 0.29) is 11.6 Å². The maximum atomic E-state index is 6.09. The Hall–Kier alpha value is -0.870. The van der Waals surface area contributed by atoms with Gasteiger partial charge in [0.05, 0.1) is 17.8 Å². The van der Waals surface area contributed by atoms with Gasteiger partial charge in [-0.3, -0.25) is 4.68 Å². The first-order valence-corrected chi connectivity index (χ1v) is 7.01. The van der Waals surface area contributed by atoms with Crippen molar-refractivity contribution in [2.45, 2.75) is 51.2 Å². The van der Waals surface area contributed by atoms with E-state index in [4.69, 9.17) is 4.74 Å². The molecule has 0 saturated carbocycles. The van der Waals surface area contributed by atoms with Crippen molar-refractivity contribution in [3.63, 3.8) is 0 Å². The largest absolute Gasteiger partial charge is 0.373 e. The van der Waals surface area contributed by atoms with Crippen LogP contribution in [0.1, 0.15) is 51.1 Å². The van der Waals surface area contributed by atoms with Gasteiger partial charge in [0.25, 0.3) is 0 Å². The molecule has 1 fully saturated rings. The molecular formula is C14H25N3O. The number of aryl methyl sites for hydroxylation is 1. The summed E-state index contributed by atoms with van der Waals surface area (Å²) in [7, 11) is 1.96. The SMILES string of the molecule is CCCNC(c1cnn(C)c1)C1(C)CCCCO1. The predicted molar refractivity (Wildman–Crippen MR) is 72.5 cm³/mol. The minimum absolute atomic E-state index is 0.101. The van der Waals surface area contributed by atoms with Crippen molar-refractivity contribution in [2.75, 3.05) is 13.2 Å². The molecule has 2 heterocycles. The molecule has 1 aliphatic heterocycles. The lowest BCUT2D eigenvalue weighted by Crippen LogP contribution is -2.46. The summed E-state index contributed by atoms with van der Waals surface area (Å²) >= 11 is 0. The molecule has 2 rings (SSSR count). The zero-order chi connectivity index (χ0) is 13.0. The highest BCUT2D eigenvalue weighted by Gasteiger charge is 2.38. The van der Waals surface area contributed by atoms with Gasteiger partial charge in [0, 0.05) is 25.4 Å². The number of hydrogen-bond donors (Lipinski definition) is 1. The van der Waals surface area contributed by atoms with Gasteiger partial charge in [-0.05, 0) is 39.2 Å². The van der Waals surface area contributed by atoms with Gasteiger partial charge in [0.1, 0.15) is 0 Å². The van der Waals surface area contributed by atoms with Crippen LogP contribution in [0.3, 0.4) is 0 Å². The third kappa shape index (κ3) is 2.93. The van der Waals surface area contributed by atoms with Crippen molar-refractivity contribution < 1.29 is 4.74 Å². The third-order valence-corrected chi connectivity index (χ3v) is 3.77. The summed E-state index contributed by atoms with van der Waals surface area (Å²) in [6, 6.07) is 0.242.